The molecule has 2 nitrogen and oxygen atoms in total. The highest BCUT2D eigenvalue weighted by molar-refractivity contribution is 9.09. The molecule has 0 amide bonds. The standard InChI is InChI=1S/C16H17BrO2S/c1-16(2)8-11-6-10(4-5-13(11)19-16)15(17)14-7-12(18-3)9-20-14/h4-7,9,15H,8H2,1-3H3. The molecule has 2 heterocycles. The second-order valence-corrected chi connectivity index (χ2v) is 7.52. The lowest BCUT2D eigenvalue weighted by Crippen LogP contribution is -2.24. The molecule has 1 aromatic carbocycles. The maximum atomic E-state index is 5.92. The third kappa shape index (κ3) is 2.59. The van der Waals surface area contributed by atoms with Crippen molar-refractivity contribution < 1.29 is 9.47 Å². The van der Waals surface area contributed by atoms with Gasteiger partial charge in [0.25, 0.3) is 0 Å². The Hall–Kier alpha value is -1.00. The lowest BCUT2D eigenvalue weighted by Gasteiger charge is -2.16. The van der Waals surface area contributed by atoms with Crippen LogP contribution in [0.5, 0.6) is 11.5 Å². The van der Waals surface area contributed by atoms with Gasteiger partial charge in [0.15, 0.2) is 0 Å². The van der Waals surface area contributed by atoms with Crippen LogP contribution >= 0.6 is 27.3 Å². The number of methoxy groups -OCH3 is 1. The van der Waals surface area contributed by atoms with E-state index in [0.717, 1.165) is 17.9 Å². The Morgan fingerprint density at radius 2 is 2.15 bits per heavy atom. The minimum Gasteiger partial charge on any atom is -0.496 e. The van der Waals surface area contributed by atoms with E-state index >= 15 is 0 Å². The number of hydrogen-bond acceptors (Lipinski definition) is 3. The number of hydrogen-bond donors (Lipinski definition) is 0. The average molecular weight is 353 g/mol. The molecule has 1 aromatic heterocycles. The summed E-state index contributed by atoms with van der Waals surface area (Å²) >= 11 is 5.49. The van der Waals surface area contributed by atoms with Gasteiger partial charge in [-0.15, -0.1) is 11.3 Å². The molecule has 1 atom stereocenters. The number of ether oxygens (including phenoxy) is 2. The molecule has 2 aromatic rings. The molecule has 3 rings (SSSR count). The average Bonchev–Trinajstić information content (AvgIpc) is 2.98. The summed E-state index contributed by atoms with van der Waals surface area (Å²) in [6, 6.07) is 8.54. The maximum Gasteiger partial charge on any atom is 0.129 e. The summed E-state index contributed by atoms with van der Waals surface area (Å²) in [6.07, 6.45) is 0.962. The van der Waals surface area contributed by atoms with E-state index in [0.29, 0.717) is 0 Å². The fourth-order valence-electron chi connectivity index (χ4n) is 2.53. The molecule has 20 heavy (non-hydrogen) atoms. The molecule has 4 heteroatoms. The second-order valence-electron chi connectivity index (χ2n) is 5.66. The molecular formula is C16H17BrO2S. The van der Waals surface area contributed by atoms with E-state index in [1.807, 2.05) is 5.38 Å². The first-order valence-electron chi connectivity index (χ1n) is 6.57. The van der Waals surface area contributed by atoms with Gasteiger partial charge in [-0.3, -0.25) is 0 Å². The van der Waals surface area contributed by atoms with Crippen molar-refractivity contribution >= 4 is 27.3 Å². The molecule has 0 N–H and O–H groups in total. The first-order chi connectivity index (χ1) is 9.48. The molecule has 0 saturated heterocycles. The highest BCUT2D eigenvalue weighted by Gasteiger charge is 2.30. The van der Waals surface area contributed by atoms with Gasteiger partial charge in [-0.25, -0.2) is 0 Å². The normalized spacial score (nSPS) is 17.4. The van der Waals surface area contributed by atoms with Gasteiger partial charge in [0.2, 0.25) is 0 Å². The molecule has 1 aliphatic rings. The van der Waals surface area contributed by atoms with E-state index in [1.165, 1.54) is 16.0 Å². The highest BCUT2D eigenvalue weighted by Crippen LogP contribution is 2.41. The van der Waals surface area contributed by atoms with E-state index in [2.05, 4.69) is 54.0 Å². The molecule has 0 bridgehead atoms. The summed E-state index contributed by atoms with van der Waals surface area (Å²) in [4.78, 5) is 1.45. The van der Waals surface area contributed by atoms with E-state index in [1.54, 1.807) is 18.4 Å². The predicted octanol–water partition coefficient (Wildman–Crippen LogP) is 4.95. The largest absolute Gasteiger partial charge is 0.496 e. The zero-order chi connectivity index (χ0) is 14.3. The van der Waals surface area contributed by atoms with Crippen LogP contribution in [0.15, 0.2) is 29.6 Å². The van der Waals surface area contributed by atoms with Gasteiger partial charge < -0.3 is 9.47 Å². The fraction of sp³-hybridized carbons (Fsp3) is 0.375. The van der Waals surface area contributed by atoms with E-state index in [4.69, 9.17) is 9.47 Å². The number of halogens is 1. The SMILES string of the molecule is COc1csc(C(Br)c2ccc3c(c2)CC(C)(C)O3)c1. The van der Waals surface area contributed by atoms with Crippen LogP contribution < -0.4 is 9.47 Å². The minimum absolute atomic E-state index is 0.0884. The Kier molecular flexibility index (Phi) is 3.55. The Labute approximate surface area is 131 Å². The van der Waals surface area contributed by atoms with Crippen LogP contribution in [0.25, 0.3) is 0 Å². The van der Waals surface area contributed by atoms with Crippen molar-refractivity contribution in [3.63, 3.8) is 0 Å². The number of benzene rings is 1. The number of thiophene rings is 1. The van der Waals surface area contributed by atoms with Gasteiger partial charge in [-0.2, -0.15) is 0 Å². The number of alkyl halides is 1. The molecule has 1 unspecified atom stereocenters. The van der Waals surface area contributed by atoms with Crippen molar-refractivity contribution in [2.24, 2.45) is 0 Å². The first-order valence-corrected chi connectivity index (χ1v) is 8.36. The summed E-state index contributed by atoms with van der Waals surface area (Å²) in [6.45, 7) is 4.25. The topological polar surface area (TPSA) is 18.5 Å². The van der Waals surface area contributed by atoms with E-state index in [9.17, 15) is 0 Å². The lowest BCUT2D eigenvalue weighted by atomic mass is 9.99. The van der Waals surface area contributed by atoms with Crippen LogP contribution in [-0.4, -0.2) is 12.7 Å². The fourth-order valence-corrected chi connectivity index (χ4v) is 4.12. The second kappa shape index (κ2) is 5.08. The molecule has 0 radical (unpaired) electrons. The molecule has 0 spiro atoms. The van der Waals surface area contributed by atoms with Crippen LogP contribution in [0.1, 0.15) is 34.7 Å². The number of rotatable bonds is 3. The monoisotopic (exact) mass is 352 g/mol. The van der Waals surface area contributed by atoms with Crippen molar-refractivity contribution in [2.75, 3.05) is 7.11 Å². The van der Waals surface area contributed by atoms with Gasteiger partial charge >= 0.3 is 0 Å². The Morgan fingerprint density at radius 3 is 2.85 bits per heavy atom. The minimum atomic E-state index is -0.0884. The third-order valence-electron chi connectivity index (χ3n) is 3.46. The smallest absolute Gasteiger partial charge is 0.129 e. The van der Waals surface area contributed by atoms with Gasteiger partial charge in [0.05, 0.1) is 11.9 Å². The van der Waals surface area contributed by atoms with Gasteiger partial charge in [-0.05, 0) is 37.1 Å². The van der Waals surface area contributed by atoms with Crippen LogP contribution in [0.4, 0.5) is 0 Å². The third-order valence-corrected chi connectivity index (χ3v) is 5.76. The van der Waals surface area contributed by atoms with E-state index < -0.39 is 0 Å². The van der Waals surface area contributed by atoms with Crippen LogP contribution in [-0.2, 0) is 6.42 Å². The molecule has 106 valence electrons. The van der Waals surface area contributed by atoms with E-state index in [-0.39, 0.29) is 10.4 Å². The zero-order valence-corrected chi connectivity index (χ0v) is 14.2. The summed E-state index contributed by atoms with van der Waals surface area (Å²) in [5.74, 6) is 1.93. The Balaban J connectivity index is 1.88. The van der Waals surface area contributed by atoms with Gasteiger partial charge in [0.1, 0.15) is 17.1 Å². The lowest BCUT2D eigenvalue weighted by molar-refractivity contribution is 0.138. The summed E-state index contributed by atoms with van der Waals surface area (Å²) in [5.41, 5.74) is 2.46. The Bertz CT molecular complexity index is 633. The predicted molar refractivity (Wildman–Crippen MR) is 86.5 cm³/mol. The summed E-state index contributed by atoms with van der Waals surface area (Å²) in [5, 5.41) is 2.03. The van der Waals surface area contributed by atoms with Crippen molar-refractivity contribution in [3.8, 4) is 11.5 Å². The van der Waals surface area contributed by atoms with Crippen LogP contribution in [0.2, 0.25) is 0 Å². The zero-order valence-electron chi connectivity index (χ0n) is 11.8. The van der Waals surface area contributed by atoms with Crippen molar-refractivity contribution in [1.29, 1.82) is 0 Å². The molecule has 1 aliphatic heterocycles. The van der Waals surface area contributed by atoms with Crippen molar-refractivity contribution in [2.45, 2.75) is 30.7 Å². The maximum absolute atomic E-state index is 5.92. The van der Waals surface area contributed by atoms with Crippen molar-refractivity contribution in [3.05, 3.63) is 45.6 Å². The molecule has 0 fully saturated rings. The van der Waals surface area contributed by atoms with Crippen LogP contribution in [0.3, 0.4) is 0 Å². The quantitative estimate of drug-likeness (QED) is 0.727. The van der Waals surface area contributed by atoms with Crippen LogP contribution in [0, 0.1) is 0 Å². The number of fused-ring (bicyclic) bond motifs is 1. The van der Waals surface area contributed by atoms with Gasteiger partial charge in [0, 0.05) is 16.7 Å². The summed E-state index contributed by atoms with van der Waals surface area (Å²) in [7, 11) is 1.70. The Morgan fingerprint density at radius 1 is 1.35 bits per heavy atom. The molecule has 0 aliphatic carbocycles. The molecular weight excluding hydrogens is 336 g/mol. The highest BCUT2D eigenvalue weighted by atomic mass is 79.9. The summed E-state index contributed by atoms with van der Waals surface area (Å²) < 4.78 is 11.2. The van der Waals surface area contributed by atoms with Crippen molar-refractivity contribution in [1.82, 2.24) is 0 Å². The molecule has 0 saturated carbocycles. The first kappa shape index (κ1) is 14.0. The van der Waals surface area contributed by atoms with Gasteiger partial charge in [-0.1, -0.05) is 28.1 Å².